The van der Waals surface area contributed by atoms with E-state index in [0.29, 0.717) is 22.7 Å². The average Bonchev–Trinajstić information content (AvgIpc) is 2.77. The molecule has 0 amide bonds. The molecule has 1 aliphatic carbocycles. The molecule has 0 aromatic heterocycles. The fourth-order valence-corrected chi connectivity index (χ4v) is 4.83. The highest BCUT2D eigenvalue weighted by Gasteiger charge is 2.34. The summed E-state index contributed by atoms with van der Waals surface area (Å²) < 4.78 is 15.5. The van der Waals surface area contributed by atoms with Gasteiger partial charge in [-0.05, 0) is 62.6 Å². The van der Waals surface area contributed by atoms with Crippen LogP contribution in [0.1, 0.15) is 52.4 Å². The second-order valence-electron chi connectivity index (χ2n) is 8.96. The zero-order valence-electron chi connectivity index (χ0n) is 20.5. The summed E-state index contributed by atoms with van der Waals surface area (Å²) in [5, 5.41) is 4.37. The number of hydrogen-bond acceptors (Lipinski definition) is 2. The zero-order chi connectivity index (χ0) is 24.8. The number of rotatable bonds is 14. The Bertz CT molecular complexity index is 758. The molecule has 5 heteroatoms. The van der Waals surface area contributed by atoms with Crippen LogP contribution in [0.5, 0.6) is 0 Å². The second-order valence-corrected chi connectivity index (χ2v) is 9.88. The molecule has 0 radical (unpaired) electrons. The van der Waals surface area contributed by atoms with Crippen LogP contribution in [0, 0.1) is 11.8 Å². The topological polar surface area (TPSA) is 15.3 Å². The van der Waals surface area contributed by atoms with Crippen molar-refractivity contribution in [3.05, 3.63) is 83.9 Å². The van der Waals surface area contributed by atoms with E-state index in [9.17, 15) is 0 Å². The Morgan fingerprint density at radius 3 is 2.36 bits per heavy atom. The third kappa shape index (κ3) is 10.9. The first-order valence-electron chi connectivity index (χ1n) is 11.9. The number of allylic oxidation sites excluding steroid dienone is 9. The summed E-state index contributed by atoms with van der Waals surface area (Å²) in [6.07, 6.45) is 18.6. The molecule has 2 atom stereocenters. The molecule has 0 aliphatic heterocycles. The summed E-state index contributed by atoms with van der Waals surface area (Å²) in [7, 11) is 2.16. The van der Waals surface area contributed by atoms with E-state index < -0.39 is 0 Å². The van der Waals surface area contributed by atoms with Crippen molar-refractivity contribution < 1.29 is 4.39 Å². The number of nitrogens with zero attached hydrogens (tertiary/aromatic N) is 1. The van der Waals surface area contributed by atoms with E-state index >= 15 is 4.39 Å². The maximum absolute atomic E-state index is 15.5. The first-order valence-corrected chi connectivity index (χ1v) is 12.6. The van der Waals surface area contributed by atoms with Crippen molar-refractivity contribution in [3.8, 4) is 0 Å². The van der Waals surface area contributed by atoms with E-state index in [0.717, 1.165) is 12.1 Å². The SMILES string of the molecule is C=C/C=C(Cl)\C=C(/C=C)NCCC(C(/C(F)=C/C=C\C(=C)Cl)C(C)C)N(C)C1CCCCC1. The summed E-state index contributed by atoms with van der Waals surface area (Å²) in [5.74, 6) is -0.208. The van der Waals surface area contributed by atoms with Crippen LogP contribution in [0.25, 0.3) is 0 Å². The zero-order valence-corrected chi connectivity index (χ0v) is 22.0. The monoisotopic (exact) mass is 494 g/mol. The van der Waals surface area contributed by atoms with Gasteiger partial charge >= 0.3 is 0 Å². The van der Waals surface area contributed by atoms with Gasteiger partial charge in [0.1, 0.15) is 5.83 Å². The standard InChI is InChI=1S/C28H41Cl2FN2/c1-7-13-23(30)20-24(8-2)32-19-18-27(33(6)25-15-10-9-11-16-25)28(21(3)4)26(31)17-12-14-22(5)29/h7-8,12-14,17,20-21,25,27-28,32H,1-2,5,9-11,15-16,18-19H2,3-4,6H3/b14-12-,23-13+,24-20+,26-17-. The van der Waals surface area contributed by atoms with Gasteiger partial charge in [0.05, 0.1) is 0 Å². The van der Waals surface area contributed by atoms with Crippen molar-refractivity contribution in [1.29, 1.82) is 0 Å². The first-order chi connectivity index (χ1) is 15.7. The highest BCUT2D eigenvalue weighted by molar-refractivity contribution is 6.31. The molecule has 33 heavy (non-hydrogen) atoms. The van der Waals surface area contributed by atoms with Gasteiger partial charge in [0.25, 0.3) is 0 Å². The largest absolute Gasteiger partial charge is 0.385 e. The normalized spacial score (nSPS) is 18.6. The van der Waals surface area contributed by atoms with Crippen molar-refractivity contribution in [2.75, 3.05) is 13.6 Å². The van der Waals surface area contributed by atoms with Gasteiger partial charge in [-0.15, -0.1) is 0 Å². The Hall–Kier alpha value is -1.55. The van der Waals surface area contributed by atoms with Gasteiger partial charge in [-0.2, -0.15) is 0 Å². The molecule has 0 aromatic carbocycles. The van der Waals surface area contributed by atoms with Crippen LogP contribution in [0.15, 0.2) is 83.9 Å². The fraction of sp³-hybridized carbons (Fsp3) is 0.500. The predicted molar refractivity (Wildman–Crippen MR) is 145 cm³/mol. The van der Waals surface area contributed by atoms with Crippen molar-refractivity contribution in [2.24, 2.45) is 11.8 Å². The molecule has 1 fully saturated rings. The van der Waals surface area contributed by atoms with Gasteiger partial charge < -0.3 is 5.32 Å². The minimum Gasteiger partial charge on any atom is -0.385 e. The number of nitrogens with one attached hydrogen (secondary N) is 1. The van der Waals surface area contributed by atoms with E-state index in [1.165, 1.54) is 38.2 Å². The van der Waals surface area contributed by atoms with Crippen LogP contribution in [-0.2, 0) is 0 Å². The van der Waals surface area contributed by atoms with Crippen molar-refractivity contribution in [3.63, 3.8) is 0 Å². The highest BCUT2D eigenvalue weighted by atomic mass is 35.5. The maximum Gasteiger partial charge on any atom is 0.105 e. The van der Waals surface area contributed by atoms with E-state index in [1.807, 2.05) is 6.08 Å². The molecule has 1 rings (SSSR count). The molecule has 2 unspecified atom stereocenters. The molecule has 184 valence electrons. The fourth-order valence-electron chi connectivity index (χ4n) is 4.55. The Morgan fingerprint density at radius 1 is 1.15 bits per heavy atom. The lowest BCUT2D eigenvalue weighted by atomic mass is 9.82. The van der Waals surface area contributed by atoms with E-state index in [-0.39, 0.29) is 23.7 Å². The predicted octanol–water partition coefficient (Wildman–Crippen LogP) is 8.41. The first kappa shape index (κ1) is 29.5. The van der Waals surface area contributed by atoms with E-state index in [1.54, 1.807) is 30.4 Å². The molecule has 1 aliphatic rings. The van der Waals surface area contributed by atoms with Crippen molar-refractivity contribution in [2.45, 2.75) is 64.5 Å². The molecule has 1 N–H and O–H groups in total. The van der Waals surface area contributed by atoms with E-state index in [4.69, 9.17) is 23.2 Å². The number of halogens is 3. The smallest absolute Gasteiger partial charge is 0.105 e. The van der Waals surface area contributed by atoms with E-state index in [2.05, 4.69) is 50.8 Å². The summed E-state index contributed by atoms with van der Waals surface area (Å²) in [4.78, 5) is 2.42. The highest BCUT2D eigenvalue weighted by Crippen LogP contribution is 2.33. The molecule has 0 aromatic rings. The van der Waals surface area contributed by atoms with Gasteiger partial charge in [-0.25, -0.2) is 4.39 Å². The van der Waals surface area contributed by atoms with Crippen molar-refractivity contribution >= 4 is 23.2 Å². The summed E-state index contributed by atoms with van der Waals surface area (Å²) in [6, 6.07) is 0.532. The maximum atomic E-state index is 15.5. The second kappa shape index (κ2) is 16.1. The Labute approximate surface area is 211 Å². The van der Waals surface area contributed by atoms with Crippen LogP contribution in [-0.4, -0.2) is 30.6 Å². The number of hydrogen-bond donors (Lipinski definition) is 1. The molecule has 0 saturated heterocycles. The van der Waals surface area contributed by atoms with Crippen molar-refractivity contribution in [1.82, 2.24) is 10.2 Å². The molecule has 0 bridgehead atoms. The Morgan fingerprint density at radius 2 is 1.82 bits per heavy atom. The Kier molecular flexibility index (Phi) is 14.4. The Balaban J connectivity index is 3.12. The molecule has 2 nitrogen and oxygen atoms in total. The van der Waals surface area contributed by atoms with Gasteiger partial charge in [-0.1, -0.05) is 88.2 Å². The van der Waals surface area contributed by atoms with Crippen LogP contribution in [0.2, 0.25) is 0 Å². The van der Waals surface area contributed by atoms with Crippen LogP contribution < -0.4 is 5.32 Å². The van der Waals surface area contributed by atoms with Gasteiger partial charge in [-0.3, -0.25) is 4.90 Å². The van der Waals surface area contributed by atoms with Crippen LogP contribution in [0.4, 0.5) is 4.39 Å². The lowest BCUT2D eigenvalue weighted by molar-refractivity contribution is 0.0790. The molecule has 0 heterocycles. The van der Waals surface area contributed by atoms with Gasteiger partial charge in [0.15, 0.2) is 0 Å². The van der Waals surface area contributed by atoms with Crippen LogP contribution in [0.3, 0.4) is 0 Å². The lowest BCUT2D eigenvalue weighted by Crippen LogP contribution is -2.48. The molecular weight excluding hydrogens is 454 g/mol. The minimum absolute atomic E-state index is 0.0507. The minimum atomic E-state index is -0.229. The average molecular weight is 496 g/mol. The van der Waals surface area contributed by atoms with Crippen LogP contribution >= 0.6 is 23.2 Å². The molecule has 1 saturated carbocycles. The third-order valence-corrected chi connectivity index (χ3v) is 6.58. The summed E-state index contributed by atoms with van der Waals surface area (Å²) in [5.41, 5.74) is 0.831. The van der Waals surface area contributed by atoms with Gasteiger partial charge in [0.2, 0.25) is 0 Å². The molecular formula is C28H41Cl2FN2. The molecule has 0 spiro atoms. The third-order valence-electron chi connectivity index (χ3n) is 6.22. The lowest BCUT2D eigenvalue weighted by Gasteiger charge is -2.42. The summed E-state index contributed by atoms with van der Waals surface area (Å²) >= 11 is 12.0. The quantitative estimate of drug-likeness (QED) is 0.243. The van der Waals surface area contributed by atoms with Gasteiger partial charge in [0, 0.05) is 40.3 Å². The summed E-state index contributed by atoms with van der Waals surface area (Å²) in [6.45, 7) is 16.0.